The number of carbonyl (C=O) groups excluding carboxylic acids is 2. The van der Waals surface area contributed by atoms with Gasteiger partial charge in [0.25, 0.3) is 5.91 Å². The number of piperidine rings is 1. The third kappa shape index (κ3) is 4.02. The van der Waals surface area contributed by atoms with Crippen LogP contribution in [0.5, 0.6) is 0 Å². The molecule has 1 saturated carbocycles. The second-order valence-corrected chi connectivity index (χ2v) is 7.64. The monoisotopic (exact) mass is 363 g/mol. The topological polar surface area (TPSA) is 62.3 Å². The first-order valence-electron chi connectivity index (χ1n) is 9.72. The minimum absolute atomic E-state index is 0.0380. The number of aromatic nitrogens is 1. The number of hydrogen-bond donors (Lipinski definition) is 1. The molecule has 1 N–H and O–H groups in total. The largest absolute Gasteiger partial charge is 0.348 e. The molecule has 0 unspecified atom stereocenters. The first-order chi connectivity index (χ1) is 13.1. The number of aryl methyl sites for hydroxylation is 1. The van der Waals surface area contributed by atoms with Crippen LogP contribution in [0.15, 0.2) is 42.7 Å². The van der Waals surface area contributed by atoms with E-state index in [-0.39, 0.29) is 23.8 Å². The number of nitrogens with one attached hydrogen (secondary N) is 1. The molecule has 4 rings (SSSR count). The molecule has 1 saturated heterocycles. The van der Waals surface area contributed by atoms with Gasteiger partial charge in [-0.3, -0.25) is 14.6 Å². The van der Waals surface area contributed by atoms with E-state index in [1.54, 1.807) is 6.20 Å². The van der Waals surface area contributed by atoms with Crippen LogP contribution < -0.4 is 5.32 Å². The van der Waals surface area contributed by atoms with Gasteiger partial charge in [-0.2, -0.15) is 0 Å². The van der Waals surface area contributed by atoms with Crippen molar-refractivity contribution in [2.45, 2.75) is 38.6 Å². The predicted octanol–water partition coefficient (Wildman–Crippen LogP) is 3.19. The summed E-state index contributed by atoms with van der Waals surface area (Å²) in [4.78, 5) is 31.0. The van der Waals surface area contributed by atoms with Crippen LogP contribution >= 0.6 is 0 Å². The van der Waals surface area contributed by atoms with Crippen molar-refractivity contribution in [3.05, 3.63) is 53.9 Å². The van der Waals surface area contributed by atoms with E-state index >= 15 is 0 Å². The highest BCUT2D eigenvalue weighted by Gasteiger charge is 2.35. The van der Waals surface area contributed by atoms with E-state index in [0.29, 0.717) is 12.1 Å². The summed E-state index contributed by atoms with van der Waals surface area (Å²) in [6, 6.07) is 9.69. The van der Waals surface area contributed by atoms with Crippen molar-refractivity contribution in [1.29, 1.82) is 0 Å². The van der Waals surface area contributed by atoms with Crippen LogP contribution in [-0.2, 0) is 4.79 Å². The number of nitrogens with zero attached hydrogens (tertiary/aromatic N) is 2. The zero-order chi connectivity index (χ0) is 18.8. The fraction of sp³-hybridized carbons (Fsp3) is 0.409. The predicted molar refractivity (Wildman–Crippen MR) is 104 cm³/mol. The van der Waals surface area contributed by atoms with Gasteiger partial charge < -0.3 is 10.2 Å². The SMILES string of the molecule is Cc1cnccc1-c1ccc(C(=O)N[C@@H]2CCCN(C(=O)C3CC3)C2)cc1. The Labute approximate surface area is 159 Å². The van der Waals surface area contributed by atoms with Gasteiger partial charge >= 0.3 is 0 Å². The molecule has 2 aromatic rings. The molecule has 1 aliphatic heterocycles. The average Bonchev–Trinajstić information content (AvgIpc) is 3.53. The normalized spacial score (nSPS) is 19.6. The summed E-state index contributed by atoms with van der Waals surface area (Å²) in [5.41, 5.74) is 3.96. The van der Waals surface area contributed by atoms with Crippen molar-refractivity contribution in [3.8, 4) is 11.1 Å². The molecule has 5 heteroatoms. The van der Waals surface area contributed by atoms with E-state index in [9.17, 15) is 9.59 Å². The van der Waals surface area contributed by atoms with E-state index in [1.165, 1.54) is 0 Å². The Bertz CT molecular complexity index is 843. The lowest BCUT2D eigenvalue weighted by Gasteiger charge is -2.33. The minimum Gasteiger partial charge on any atom is -0.348 e. The standard InChI is InChI=1S/C22H25N3O2/c1-15-13-23-11-10-20(15)16-4-6-17(7-5-16)21(26)24-19-3-2-12-25(14-19)22(27)18-8-9-18/h4-7,10-11,13,18-19H,2-3,8-9,12,14H2,1H3,(H,24,26)/t19-/m1/s1. The summed E-state index contributed by atoms with van der Waals surface area (Å²) in [5.74, 6) is 0.438. The molecule has 0 bridgehead atoms. The van der Waals surface area contributed by atoms with E-state index in [4.69, 9.17) is 0 Å². The molecule has 0 radical (unpaired) electrons. The van der Waals surface area contributed by atoms with Crippen LogP contribution in [0.25, 0.3) is 11.1 Å². The van der Waals surface area contributed by atoms with E-state index < -0.39 is 0 Å². The van der Waals surface area contributed by atoms with Crippen molar-refractivity contribution in [1.82, 2.24) is 15.2 Å². The van der Waals surface area contributed by atoms with Gasteiger partial charge in [-0.15, -0.1) is 0 Å². The Hall–Kier alpha value is -2.69. The molecule has 1 atom stereocenters. The molecule has 2 heterocycles. The van der Waals surface area contributed by atoms with Gasteiger partial charge in [-0.1, -0.05) is 12.1 Å². The Morgan fingerprint density at radius 3 is 2.59 bits per heavy atom. The van der Waals surface area contributed by atoms with Crippen LogP contribution in [0.3, 0.4) is 0 Å². The van der Waals surface area contributed by atoms with Gasteiger partial charge in [0, 0.05) is 43.0 Å². The Morgan fingerprint density at radius 2 is 1.89 bits per heavy atom. The summed E-state index contributed by atoms with van der Waals surface area (Å²) in [6.45, 7) is 3.48. The maximum Gasteiger partial charge on any atom is 0.251 e. The number of pyridine rings is 1. The second-order valence-electron chi connectivity index (χ2n) is 7.64. The lowest BCUT2D eigenvalue weighted by atomic mass is 10.0. The maximum atomic E-state index is 12.6. The smallest absolute Gasteiger partial charge is 0.251 e. The fourth-order valence-electron chi connectivity index (χ4n) is 3.75. The Morgan fingerprint density at radius 1 is 1.11 bits per heavy atom. The highest BCUT2D eigenvalue weighted by Crippen LogP contribution is 2.32. The zero-order valence-corrected chi connectivity index (χ0v) is 15.6. The molecule has 140 valence electrons. The molecule has 1 aromatic heterocycles. The number of amides is 2. The summed E-state index contributed by atoms with van der Waals surface area (Å²) in [7, 11) is 0. The van der Waals surface area contributed by atoms with Crippen molar-refractivity contribution in [2.75, 3.05) is 13.1 Å². The molecule has 2 fully saturated rings. The zero-order valence-electron chi connectivity index (χ0n) is 15.6. The van der Waals surface area contributed by atoms with Crippen molar-refractivity contribution in [3.63, 3.8) is 0 Å². The van der Waals surface area contributed by atoms with Crippen LogP contribution in [0.4, 0.5) is 0 Å². The lowest BCUT2D eigenvalue weighted by molar-refractivity contribution is -0.133. The number of hydrogen-bond acceptors (Lipinski definition) is 3. The van der Waals surface area contributed by atoms with Gasteiger partial charge in [-0.25, -0.2) is 0 Å². The average molecular weight is 363 g/mol. The molecule has 5 nitrogen and oxygen atoms in total. The Balaban J connectivity index is 1.39. The second kappa shape index (κ2) is 7.51. The molecule has 1 aromatic carbocycles. The van der Waals surface area contributed by atoms with Crippen molar-refractivity contribution < 1.29 is 9.59 Å². The van der Waals surface area contributed by atoms with Crippen molar-refractivity contribution >= 4 is 11.8 Å². The number of carbonyl (C=O) groups is 2. The molecule has 27 heavy (non-hydrogen) atoms. The third-order valence-electron chi connectivity index (χ3n) is 5.47. The summed E-state index contributed by atoms with van der Waals surface area (Å²) < 4.78 is 0. The van der Waals surface area contributed by atoms with Gasteiger partial charge in [0.2, 0.25) is 5.91 Å². The molecule has 0 spiro atoms. The number of rotatable bonds is 4. The van der Waals surface area contributed by atoms with E-state index in [2.05, 4.69) is 10.3 Å². The molecule has 2 amide bonds. The third-order valence-corrected chi connectivity index (χ3v) is 5.47. The maximum absolute atomic E-state index is 12.6. The molecular weight excluding hydrogens is 338 g/mol. The minimum atomic E-state index is -0.0706. The quantitative estimate of drug-likeness (QED) is 0.907. The van der Waals surface area contributed by atoms with Crippen LogP contribution in [0, 0.1) is 12.8 Å². The highest BCUT2D eigenvalue weighted by molar-refractivity contribution is 5.95. The van der Waals surface area contributed by atoms with Gasteiger partial charge in [-0.05, 0) is 67.5 Å². The van der Waals surface area contributed by atoms with Gasteiger partial charge in [0.1, 0.15) is 0 Å². The summed E-state index contributed by atoms with van der Waals surface area (Å²) in [5, 5.41) is 3.11. The first kappa shape index (κ1) is 17.7. The van der Waals surface area contributed by atoms with E-state index in [1.807, 2.05) is 48.4 Å². The fourth-order valence-corrected chi connectivity index (χ4v) is 3.75. The summed E-state index contributed by atoms with van der Waals surface area (Å²) >= 11 is 0. The van der Waals surface area contributed by atoms with E-state index in [0.717, 1.165) is 48.9 Å². The van der Waals surface area contributed by atoms with Gasteiger partial charge in [0.05, 0.1) is 0 Å². The van der Waals surface area contributed by atoms with Crippen molar-refractivity contribution in [2.24, 2.45) is 5.92 Å². The number of likely N-dealkylation sites (tertiary alicyclic amines) is 1. The molecular formula is C22H25N3O2. The number of benzene rings is 1. The highest BCUT2D eigenvalue weighted by atomic mass is 16.2. The lowest BCUT2D eigenvalue weighted by Crippen LogP contribution is -2.50. The Kier molecular flexibility index (Phi) is 4.92. The van der Waals surface area contributed by atoms with Crippen LogP contribution in [0.1, 0.15) is 41.6 Å². The molecule has 2 aliphatic rings. The van der Waals surface area contributed by atoms with Crippen LogP contribution in [0.2, 0.25) is 0 Å². The van der Waals surface area contributed by atoms with Crippen LogP contribution in [-0.4, -0.2) is 40.8 Å². The molecule has 1 aliphatic carbocycles. The summed E-state index contributed by atoms with van der Waals surface area (Å²) in [6.07, 6.45) is 7.54. The van der Waals surface area contributed by atoms with Gasteiger partial charge in [0.15, 0.2) is 0 Å². The first-order valence-corrected chi connectivity index (χ1v) is 9.72.